The third kappa shape index (κ3) is 7.68. The van der Waals surface area contributed by atoms with Crippen LogP contribution < -0.4 is 14.4 Å². The van der Waals surface area contributed by atoms with E-state index in [0.717, 1.165) is 4.31 Å². The van der Waals surface area contributed by atoms with Crippen molar-refractivity contribution < 1.29 is 22.7 Å². The maximum atomic E-state index is 14.0. The van der Waals surface area contributed by atoms with Gasteiger partial charge in [-0.05, 0) is 74.4 Å². The van der Waals surface area contributed by atoms with Gasteiger partial charge in [0.25, 0.3) is 10.0 Å². The van der Waals surface area contributed by atoms with Gasteiger partial charge in [-0.2, -0.15) is 0 Å². The lowest BCUT2D eigenvalue weighted by Crippen LogP contribution is -2.52. The maximum Gasteiger partial charge on any atom is 0.264 e. The van der Waals surface area contributed by atoms with Crippen LogP contribution in [-0.4, -0.2) is 50.9 Å². The Balaban J connectivity index is 2.06. The van der Waals surface area contributed by atoms with Crippen molar-refractivity contribution in [2.75, 3.05) is 24.0 Å². The second-order valence-corrected chi connectivity index (χ2v) is 11.5. The van der Waals surface area contributed by atoms with Crippen molar-refractivity contribution in [2.24, 2.45) is 0 Å². The Hall–Kier alpha value is -3.27. The molecule has 0 aromatic heterocycles. The molecule has 0 spiro atoms. The molecule has 3 rings (SSSR count). The fraction of sp³-hybridized carbons (Fsp3) is 0.310. The first-order valence-corrected chi connectivity index (χ1v) is 15.1. The van der Waals surface area contributed by atoms with Gasteiger partial charge in [0.15, 0.2) is 0 Å². The van der Waals surface area contributed by atoms with Crippen LogP contribution in [0.15, 0.2) is 77.7 Å². The number of nitrogens with zero attached hydrogens (tertiary/aromatic N) is 2. The first-order valence-electron chi connectivity index (χ1n) is 12.9. The number of likely N-dealkylation sites (N-methyl/N-ethyl adjacent to an activating group) is 1. The molecular formula is C29H33Cl2N3O5S. The van der Waals surface area contributed by atoms with E-state index in [4.69, 9.17) is 27.9 Å². The number of amides is 2. The monoisotopic (exact) mass is 605 g/mol. The van der Waals surface area contributed by atoms with Crippen molar-refractivity contribution >= 4 is 50.7 Å². The van der Waals surface area contributed by atoms with Crippen LogP contribution in [0.25, 0.3) is 0 Å². The molecular weight excluding hydrogens is 573 g/mol. The average molecular weight is 607 g/mol. The fourth-order valence-electron chi connectivity index (χ4n) is 4.17. The van der Waals surface area contributed by atoms with Crippen LogP contribution >= 0.6 is 23.2 Å². The Bertz CT molecular complexity index is 1400. The van der Waals surface area contributed by atoms with E-state index in [1.807, 2.05) is 6.92 Å². The molecule has 0 unspecified atom stereocenters. The van der Waals surface area contributed by atoms with Crippen LogP contribution in [0.5, 0.6) is 5.75 Å². The number of sulfonamides is 1. The zero-order valence-electron chi connectivity index (χ0n) is 22.6. The number of anilines is 1. The van der Waals surface area contributed by atoms with E-state index in [2.05, 4.69) is 5.32 Å². The number of carbonyl (C=O) groups is 2. The quantitative estimate of drug-likeness (QED) is 0.276. The Morgan fingerprint density at radius 3 is 2.17 bits per heavy atom. The van der Waals surface area contributed by atoms with Gasteiger partial charge in [0.1, 0.15) is 18.3 Å². The molecule has 2 amide bonds. The molecule has 0 saturated carbocycles. The summed E-state index contributed by atoms with van der Waals surface area (Å²) in [4.78, 5) is 28.4. The van der Waals surface area contributed by atoms with Crippen molar-refractivity contribution in [1.29, 1.82) is 0 Å². The van der Waals surface area contributed by atoms with Crippen LogP contribution in [0.4, 0.5) is 5.69 Å². The van der Waals surface area contributed by atoms with E-state index >= 15 is 0 Å². The summed E-state index contributed by atoms with van der Waals surface area (Å²) in [6.07, 6.45) is 0.313. The molecule has 8 nitrogen and oxygen atoms in total. The Morgan fingerprint density at radius 2 is 1.60 bits per heavy atom. The molecule has 3 aromatic rings. The van der Waals surface area contributed by atoms with Gasteiger partial charge in [0.05, 0.1) is 27.2 Å². The average Bonchev–Trinajstić information content (AvgIpc) is 2.94. The first kappa shape index (κ1) is 31.3. The number of rotatable bonds is 13. The highest BCUT2D eigenvalue weighted by atomic mass is 35.5. The largest absolute Gasteiger partial charge is 0.494 e. The maximum absolute atomic E-state index is 14.0. The van der Waals surface area contributed by atoms with Gasteiger partial charge in [-0.15, -0.1) is 0 Å². The number of carbonyl (C=O) groups excluding carboxylic acids is 2. The first-order chi connectivity index (χ1) is 19.1. The van der Waals surface area contributed by atoms with Crippen LogP contribution in [0.2, 0.25) is 10.0 Å². The topological polar surface area (TPSA) is 96.0 Å². The van der Waals surface area contributed by atoms with Crippen LogP contribution in [0.1, 0.15) is 32.8 Å². The molecule has 214 valence electrons. The summed E-state index contributed by atoms with van der Waals surface area (Å²) in [5.74, 6) is -0.326. The molecule has 0 saturated heterocycles. The van der Waals surface area contributed by atoms with Crippen LogP contribution in [0.3, 0.4) is 0 Å². The second-order valence-electron chi connectivity index (χ2n) is 8.84. The Morgan fingerprint density at radius 1 is 0.925 bits per heavy atom. The highest BCUT2D eigenvalue weighted by molar-refractivity contribution is 7.92. The zero-order valence-corrected chi connectivity index (χ0v) is 25.0. The van der Waals surface area contributed by atoms with Gasteiger partial charge in [-0.25, -0.2) is 8.42 Å². The lowest BCUT2D eigenvalue weighted by atomic mass is 10.1. The third-order valence-electron chi connectivity index (χ3n) is 6.12. The fourth-order valence-corrected chi connectivity index (χ4v) is 5.93. The summed E-state index contributed by atoms with van der Waals surface area (Å²) in [5, 5.41) is 3.43. The van der Waals surface area contributed by atoms with Gasteiger partial charge in [0, 0.05) is 13.1 Å². The summed E-state index contributed by atoms with van der Waals surface area (Å²) in [6, 6.07) is 18.5. The Labute approximate surface area is 245 Å². The molecule has 0 heterocycles. The van der Waals surface area contributed by atoms with Crippen molar-refractivity contribution in [2.45, 2.75) is 44.7 Å². The number of benzene rings is 3. The number of ether oxygens (including phenoxy) is 1. The van der Waals surface area contributed by atoms with E-state index in [1.165, 1.54) is 17.0 Å². The number of nitrogens with one attached hydrogen (secondary N) is 1. The standard InChI is InChI=1S/C29H33Cl2N3O5S/c1-4-27(29(36)32-5-2)33(19-21-12-17-25(30)26(31)18-21)28(35)20-34(22-13-15-23(16-14-22)39-6-3)40(37,38)24-10-8-7-9-11-24/h7-18,27H,4-6,19-20H2,1-3H3,(H,32,36)/t27-/m0/s1. The van der Waals surface area contributed by atoms with Gasteiger partial charge >= 0.3 is 0 Å². The molecule has 0 aliphatic heterocycles. The van der Waals surface area contributed by atoms with E-state index in [1.54, 1.807) is 74.5 Å². The summed E-state index contributed by atoms with van der Waals surface area (Å²) >= 11 is 12.3. The summed E-state index contributed by atoms with van der Waals surface area (Å²) in [5.41, 5.74) is 0.922. The second kappa shape index (κ2) is 14.4. The predicted molar refractivity (Wildman–Crippen MR) is 158 cm³/mol. The molecule has 0 bridgehead atoms. The molecule has 0 fully saturated rings. The van der Waals surface area contributed by atoms with Crippen LogP contribution in [-0.2, 0) is 26.2 Å². The van der Waals surface area contributed by atoms with E-state index in [-0.39, 0.29) is 23.0 Å². The lowest BCUT2D eigenvalue weighted by Gasteiger charge is -2.33. The van der Waals surface area contributed by atoms with Crippen molar-refractivity contribution in [1.82, 2.24) is 10.2 Å². The number of halogens is 2. The van der Waals surface area contributed by atoms with E-state index < -0.39 is 28.5 Å². The summed E-state index contributed by atoms with van der Waals surface area (Å²) < 4.78 is 34.2. The molecule has 1 atom stereocenters. The minimum Gasteiger partial charge on any atom is -0.494 e. The minimum atomic E-state index is -4.15. The summed E-state index contributed by atoms with van der Waals surface area (Å²) in [6.45, 7) is 5.74. The SMILES string of the molecule is CCNC(=O)[C@H](CC)N(Cc1ccc(Cl)c(Cl)c1)C(=O)CN(c1ccc(OCC)cc1)S(=O)(=O)c1ccccc1. The lowest BCUT2D eigenvalue weighted by molar-refractivity contribution is -0.140. The molecule has 1 N–H and O–H groups in total. The minimum absolute atomic E-state index is 0.0217. The highest BCUT2D eigenvalue weighted by Gasteiger charge is 2.33. The molecule has 11 heteroatoms. The zero-order chi connectivity index (χ0) is 29.3. The van der Waals surface area contributed by atoms with E-state index in [9.17, 15) is 18.0 Å². The smallest absolute Gasteiger partial charge is 0.264 e. The van der Waals surface area contributed by atoms with Crippen molar-refractivity contribution in [3.8, 4) is 5.75 Å². The normalized spacial score (nSPS) is 11.9. The molecule has 3 aromatic carbocycles. The predicted octanol–water partition coefficient (Wildman–Crippen LogP) is 5.53. The van der Waals surface area contributed by atoms with Gasteiger partial charge in [-0.3, -0.25) is 13.9 Å². The number of hydrogen-bond acceptors (Lipinski definition) is 5. The highest BCUT2D eigenvalue weighted by Crippen LogP contribution is 2.28. The molecule has 0 aliphatic rings. The molecule has 0 aliphatic carbocycles. The molecule has 0 radical (unpaired) electrons. The van der Waals surface area contributed by atoms with Gasteiger partial charge < -0.3 is 15.0 Å². The van der Waals surface area contributed by atoms with Gasteiger partial charge in [0.2, 0.25) is 11.8 Å². The van der Waals surface area contributed by atoms with Crippen molar-refractivity contribution in [3.63, 3.8) is 0 Å². The number of hydrogen-bond donors (Lipinski definition) is 1. The van der Waals surface area contributed by atoms with E-state index in [0.29, 0.717) is 40.9 Å². The Kier molecular flexibility index (Phi) is 11.2. The molecule has 40 heavy (non-hydrogen) atoms. The van der Waals surface area contributed by atoms with Crippen LogP contribution in [0, 0.1) is 0 Å². The summed E-state index contributed by atoms with van der Waals surface area (Å²) in [7, 11) is -4.15. The third-order valence-corrected chi connectivity index (χ3v) is 8.65. The van der Waals surface area contributed by atoms with Gasteiger partial charge in [-0.1, -0.05) is 54.4 Å². The van der Waals surface area contributed by atoms with Crippen molar-refractivity contribution in [3.05, 3.63) is 88.4 Å².